The number of methoxy groups -OCH3 is 1. The number of esters is 1. The predicted molar refractivity (Wildman–Crippen MR) is 165 cm³/mol. The first kappa shape index (κ1) is 35.2. The highest BCUT2D eigenvalue weighted by Crippen LogP contribution is 2.42. The molecule has 0 aliphatic carbocycles. The Bertz CT molecular complexity index is 1400. The quantitative estimate of drug-likeness (QED) is 0.0986. The Morgan fingerprint density at radius 3 is 1.82 bits per heavy atom. The van der Waals surface area contributed by atoms with Gasteiger partial charge >= 0.3 is 5.97 Å². The molecule has 2 unspecified atom stereocenters. The molecule has 11 heteroatoms. The van der Waals surface area contributed by atoms with Crippen molar-refractivity contribution in [1.29, 1.82) is 0 Å². The number of carbonyl (C=O) groups excluding carboxylic acids is 1. The first-order valence-electron chi connectivity index (χ1n) is 14.3. The van der Waals surface area contributed by atoms with Crippen molar-refractivity contribution in [3.8, 4) is 17.2 Å². The van der Waals surface area contributed by atoms with Crippen LogP contribution in [0, 0.1) is 12.3 Å². The molecule has 44 heavy (non-hydrogen) atoms. The molecule has 0 saturated carbocycles. The van der Waals surface area contributed by atoms with Crippen molar-refractivity contribution in [2.75, 3.05) is 54.6 Å². The second kappa shape index (κ2) is 14.7. The lowest BCUT2D eigenvalue weighted by Crippen LogP contribution is -2.38. The Morgan fingerprint density at radius 1 is 0.818 bits per heavy atom. The maximum Gasteiger partial charge on any atom is 0.311 e. The summed E-state index contributed by atoms with van der Waals surface area (Å²) in [5.74, 6) is 1.30. The van der Waals surface area contributed by atoms with Gasteiger partial charge in [-0.15, -0.1) is 0 Å². The molecule has 1 N–H and O–H groups in total. The lowest BCUT2D eigenvalue weighted by Gasteiger charge is -2.36. The predicted octanol–water partition coefficient (Wildman–Crippen LogP) is 5.20. The van der Waals surface area contributed by atoms with E-state index in [0.29, 0.717) is 33.7 Å². The number of rotatable bonds is 16. The zero-order valence-corrected chi connectivity index (χ0v) is 27.5. The third-order valence-electron chi connectivity index (χ3n) is 6.98. The fourth-order valence-corrected chi connectivity index (χ4v) is 5.11. The van der Waals surface area contributed by atoms with Crippen LogP contribution >= 0.6 is 7.82 Å². The Balaban J connectivity index is 1.70. The molecular weight excluding hydrogens is 585 g/mol. The fraction of sp³-hybridized carbons (Fsp3) is 0.424. The second-order valence-corrected chi connectivity index (χ2v) is 13.8. The smallest absolute Gasteiger partial charge is 0.311 e. The van der Waals surface area contributed by atoms with Crippen LogP contribution in [0.25, 0.3) is 0 Å². The summed E-state index contributed by atoms with van der Waals surface area (Å²) in [6.45, 7) is 5.06. The third-order valence-corrected chi connectivity index (χ3v) is 7.98. The summed E-state index contributed by atoms with van der Waals surface area (Å²) in [6, 6.07) is 21.7. The number of phosphoric acid groups is 1. The summed E-state index contributed by atoms with van der Waals surface area (Å²) in [5.41, 5.74) is -0.536. The lowest BCUT2D eigenvalue weighted by atomic mass is 9.73. The largest absolute Gasteiger partial charge is 0.756 e. The van der Waals surface area contributed by atoms with Crippen LogP contribution in [-0.2, 0) is 28.7 Å². The molecule has 0 saturated heterocycles. The SMILES string of the molecule is COc1ccc(Oc2ccc(C(O)(CC(C)(C)C(=O)OCCOP(=O)([O-])OCC[N+](C)(C)C)c3ccc(C)cc3)cc2)cc1. The normalized spacial score (nSPS) is 14.8. The van der Waals surface area contributed by atoms with Gasteiger partial charge in [0.25, 0.3) is 7.82 Å². The Hall–Kier alpha value is -3.24. The van der Waals surface area contributed by atoms with Crippen LogP contribution in [0.3, 0.4) is 0 Å². The molecule has 3 rings (SSSR count). The summed E-state index contributed by atoms with van der Waals surface area (Å²) in [4.78, 5) is 25.2. The van der Waals surface area contributed by atoms with Gasteiger partial charge < -0.3 is 37.7 Å². The summed E-state index contributed by atoms with van der Waals surface area (Å²) in [7, 11) is 2.79. The Morgan fingerprint density at radius 2 is 1.30 bits per heavy atom. The molecule has 240 valence electrons. The molecule has 0 aliphatic heterocycles. The number of aryl methyl sites for hydroxylation is 1. The molecule has 0 radical (unpaired) electrons. The van der Waals surface area contributed by atoms with E-state index in [4.69, 9.17) is 23.3 Å². The van der Waals surface area contributed by atoms with E-state index in [0.717, 1.165) is 11.3 Å². The number of benzene rings is 3. The summed E-state index contributed by atoms with van der Waals surface area (Å²) in [5, 5.41) is 12.2. The van der Waals surface area contributed by atoms with Crippen LogP contribution in [0.4, 0.5) is 0 Å². The van der Waals surface area contributed by atoms with Gasteiger partial charge in [0.1, 0.15) is 42.6 Å². The van der Waals surface area contributed by atoms with Gasteiger partial charge in [-0.1, -0.05) is 42.0 Å². The molecule has 0 fully saturated rings. The highest BCUT2D eigenvalue weighted by molar-refractivity contribution is 7.45. The van der Waals surface area contributed by atoms with Crippen LogP contribution < -0.4 is 14.4 Å². The van der Waals surface area contributed by atoms with Gasteiger partial charge in [-0.3, -0.25) is 9.36 Å². The van der Waals surface area contributed by atoms with Gasteiger partial charge in [-0.25, -0.2) is 0 Å². The third kappa shape index (κ3) is 10.4. The number of carbonyl (C=O) groups is 1. The van der Waals surface area contributed by atoms with Crippen LogP contribution in [0.15, 0.2) is 72.8 Å². The molecule has 0 aromatic heterocycles. The fourth-order valence-electron chi connectivity index (χ4n) is 4.43. The standard InChI is InChI=1S/C33H44NO9P/c1-25-8-10-26(11-9-25)33(36,27-12-14-29(15-13-27)43-30-18-16-28(39-7)17-19-30)24-32(2,3)31(35)40-22-23-42-44(37,38)41-21-20-34(4,5)6/h8-19,36H,20-24H2,1-7H3. The first-order valence-corrected chi connectivity index (χ1v) is 15.8. The molecule has 0 spiro atoms. The van der Waals surface area contributed by atoms with Gasteiger partial charge in [-0.2, -0.15) is 0 Å². The van der Waals surface area contributed by atoms with Gasteiger partial charge in [0.15, 0.2) is 0 Å². The van der Waals surface area contributed by atoms with E-state index in [1.807, 2.05) is 52.3 Å². The number of nitrogens with zero attached hydrogens (tertiary/aromatic N) is 1. The van der Waals surface area contributed by atoms with Crippen molar-refractivity contribution in [3.63, 3.8) is 0 Å². The minimum absolute atomic E-state index is 0.0182. The Labute approximate surface area is 260 Å². The molecule has 0 aliphatic rings. The highest BCUT2D eigenvalue weighted by atomic mass is 31.2. The van der Waals surface area contributed by atoms with E-state index in [9.17, 15) is 19.4 Å². The van der Waals surface area contributed by atoms with Crippen molar-refractivity contribution in [3.05, 3.63) is 89.5 Å². The zero-order chi connectivity index (χ0) is 32.6. The number of hydrogen-bond donors (Lipinski definition) is 1. The van der Waals surface area contributed by atoms with Crippen molar-refractivity contribution >= 4 is 13.8 Å². The van der Waals surface area contributed by atoms with Crippen molar-refractivity contribution in [2.24, 2.45) is 5.41 Å². The van der Waals surface area contributed by atoms with Crippen molar-refractivity contribution in [1.82, 2.24) is 0 Å². The highest BCUT2D eigenvalue weighted by Gasteiger charge is 2.42. The van der Waals surface area contributed by atoms with Gasteiger partial charge in [0.2, 0.25) is 0 Å². The monoisotopic (exact) mass is 629 g/mol. The first-order chi connectivity index (χ1) is 20.5. The van der Waals surface area contributed by atoms with Gasteiger partial charge in [0, 0.05) is 6.42 Å². The molecular formula is C33H44NO9P. The summed E-state index contributed by atoms with van der Waals surface area (Å²) < 4.78 is 38.8. The number of quaternary nitrogens is 1. The minimum atomic E-state index is -4.53. The second-order valence-electron chi connectivity index (χ2n) is 12.4. The average Bonchev–Trinajstić information content (AvgIpc) is 2.95. The van der Waals surface area contributed by atoms with E-state index >= 15 is 0 Å². The molecule has 3 aromatic carbocycles. The van der Waals surface area contributed by atoms with Gasteiger partial charge in [-0.05, 0) is 68.3 Å². The summed E-state index contributed by atoms with van der Waals surface area (Å²) in [6.07, 6.45) is -0.0182. The number of hydrogen-bond acceptors (Lipinski definition) is 9. The lowest BCUT2D eigenvalue weighted by molar-refractivity contribution is -0.870. The van der Waals surface area contributed by atoms with Crippen LogP contribution in [0.5, 0.6) is 17.2 Å². The molecule has 3 aromatic rings. The van der Waals surface area contributed by atoms with Gasteiger partial charge in [0.05, 0.1) is 40.3 Å². The van der Waals surface area contributed by atoms with Crippen LogP contribution in [-0.4, -0.2) is 70.2 Å². The van der Waals surface area contributed by atoms with E-state index < -0.39 is 24.8 Å². The zero-order valence-electron chi connectivity index (χ0n) is 26.6. The maximum absolute atomic E-state index is 13.2. The van der Waals surface area contributed by atoms with Crippen molar-refractivity contribution < 1.29 is 47.1 Å². The molecule has 10 nitrogen and oxygen atoms in total. The number of aliphatic hydroxyl groups is 1. The maximum atomic E-state index is 13.2. The topological polar surface area (TPSA) is 124 Å². The van der Waals surface area contributed by atoms with Crippen LogP contribution in [0.1, 0.15) is 37.0 Å². The Kier molecular flexibility index (Phi) is 11.8. The minimum Gasteiger partial charge on any atom is -0.756 e. The average molecular weight is 630 g/mol. The summed E-state index contributed by atoms with van der Waals surface area (Å²) >= 11 is 0. The molecule has 2 atom stereocenters. The molecule has 0 amide bonds. The molecule has 0 heterocycles. The van der Waals surface area contributed by atoms with E-state index in [1.165, 1.54) is 0 Å². The van der Waals surface area contributed by atoms with E-state index in [1.54, 1.807) is 69.5 Å². The van der Waals surface area contributed by atoms with E-state index in [-0.39, 0.29) is 26.2 Å². The van der Waals surface area contributed by atoms with Crippen LogP contribution in [0.2, 0.25) is 0 Å². The molecule has 0 bridgehead atoms. The number of likely N-dealkylation sites (N-methyl/N-ethyl adjacent to an activating group) is 1. The number of ether oxygens (including phenoxy) is 3. The van der Waals surface area contributed by atoms with E-state index in [2.05, 4.69) is 0 Å². The number of phosphoric ester groups is 1. The van der Waals surface area contributed by atoms with Crippen molar-refractivity contribution in [2.45, 2.75) is 32.8 Å².